The average molecular weight is 486 g/mol. The highest BCUT2D eigenvalue weighted by molar-refractivity contribution is 6.21. The first-order chi connectivity index (χ1) is 17.3. The van der Waals surface area contributed by atoms with Crippen molar-refractivity contribution < 1.29 is 23.7 Å². The fraction of sp³-hybridized carbons (Fsp3) is 0.240. The van der Waals surface area contributed by atoms with Gasteiger partial charge in [0.2, 0.25) is 23.5 Å². The second-order valence-electron chi connectivity index (χ2n) is 8.61. The van der Waals surface area contributed by atoms with Crippen LogP contribution in [0.25, 0.3) is 22.5 Å². The summed E-state index contributed by atoms with van der Waals surface area (Å²) in [5.41, 5.74) is 3.08. The van der Waals surface area contributed by atoms with Gasteiger partial charge < -0.3 is 9.42 Å². The average Bonchev–Trinajstić information content (AvgIpc) is 3.42. The molecule has 2 aliphatic rings. The molecular formula is C25H22N6O5. The molecular weight excluding hydrogens is 464 g/mol. The van der Waals surface area contributed by atoms with Crippen LogP contribution in [0.15, 0.2) is 64.6 Å². The summed E-state index contributed by atoms with van der Waals surface area (Å²) in [6.45, 7) is 1.60. The highest BCUT2D eigenvalue weighted by Crippen LogP contribution is 2.29. The first-order valence-electron chi connectivity index (χ1n) is 11.3. The van der Waals surface area contributed by atoms with Crippen LogP contribution in [0.4, 0.5) is 0 Å². The highest BCUT2D eigenvalue weighted by atomic mass is 16.5. The number of hydrogen-bond acceptors (Lipinski definition) is 9. The van der Waals surface area contributed by atoms with E-state index < -0.39 is 29.7 Å². The topological polar surface area (TPSA) is 139 Å². The lowest BCUT2D eigenvalue weighted by Gasteiger charge is -2.29. The molecule has 0 bridgehead atoms. The number of carbonyl (C=O) groups excluding carboxylic acids is 4. The SMILES string of the molecule is CC1=C(N(C)Cc2nc(-c3cccc(-c4ccncc4)c3)no2)C(=O)N(C2CCC(=O)NC2=O)C1=O. The van der Waals surface area contributed by atoms with E-state index in [0.717, 1.165) is 21.6 Å². The number of benzene rings is 1. The first-order valence-corrected chi connectivity index (χ1v) is 11.3. The van der Waals surface area contributed by atoms with Crippen LogP contribution in [-0.2, 0) is 25.7 Å². The number of aromatic nitrogens is 3. The zero-order valence-electron chi connectivity index (χ0n) is 19.6. The van der Waals surface area contributed by atoms with Crippen LogP contribution in [0.3, 0.4) is 0 Å². The summed E-state index contributed by atoms with van der Waals surface area (Å²) in [6, 6.07) is 10.5. The molecule has 0 aliphatic carbocycles. The minimum atomic E-state index is -1.02. The lowest BCUT2D eigenvalue weighted by molar-refractivity contribution is -0.150. The Bertz CT molecular complexity index is 1410. The third-order valence-electron chi connectivity index (χ3n) is 6.19. The Labute approximate surface area is 205 Å². The molecule has 3 aromatic rings. The lowest BCUT2D eigenvalue weighted by Crippen LogP contribution is -2.55. The van der Waals surface area contributed by atoms with Gasteiger partial charge in [-0.1, -0.05) is 23.4 Å². The molecule has 5 rings (SSSR count). The van der Waals surface area contributed by atoms with E-state index in [1.165, 1.54) is 6.92 Å². The fourth-order valence-electron chi connectivity index (χ4n) is 4.41. The minimum absolute atomic E-state index is 0.0603. The van der Waals surface area contributed by atoms with E-state index >= 15 is 0 Å². The third-order valence-corrected chi connectivity index (χ3v) is 6.19. The summed E-state index contributed by atoms with van der Waals surface area (Å²) in [5, 5.41) is 6.26. The van der Waals surface area contributed by atoms with Gasteiger partial charge in [0.05, 0.1) is 6.54 Å². The lowest BCUT2D eigenvalue weighted by atomic mass is 10.0. The summed E-state index contributed by atoms with van der Waals surface area (Å²) < 4.78 is 5.42. The number of hydrogen-bond donors (Lipinski definition) is 1. The maximum atomic E-state index is 13.2. The largest absolute Gasteiger partial charge is 0.360 e. The predicted molar refractivity (Wildman–Crippen MR) is 125 cm³/mol. The molecule has 1 saturated heterocycles. The number of amides is 4. The van der Waals surface area contributed by atoms with Crippen molar-refractivity contribution in [2.24, 2.45) is 0 Å². The molecule has 36 heavy (non-hydrogen) atoms. The second kappa shape index (κ2) is 9.17. The number of likely N-dealkylation sites (N-methyl/N-ethyl adjacent to an activating group) is 1. The van der Waals surface area contributed by atoms with Gasteiger partial charge in [0.1, 0.15) is 11.7 Å². The molecule has 11 nitrogen and oxygen atoms in total. The number of piperidine rings is 1. The van der Waals surface area contributed by atoms with E-state index in [-0.39, 0.29) is 36.5 Å². The van der Waals surface area contributed by atoms with Gasteiger partial charge in [-0.15, -0.1) is 0 Å². The molecule has 2 aromatic heterocycles. The number of pyridine rings is 1. The van der Waals surface area contributed by atoms with E-state index in [1.54, 1.807) is 24.3 Å². The van der Waals surface area contributed by atoms with Crippen LogP contribution in [0.1, 0.15) is 25.7 Å². The van der Waals surface area contributed by atoms with E-state index in [9.17, 15) is 19.2 Å². The molecule has 1 aromatic carbocycles. The second-order valence-corrected chi connectivity index (χ2v) is 8.61. The maximum absolute atomic E-state index is 13.2. The summed E-state index contributed by atoms with van der Waals surface area (Å²) >= 11 is 0. The minimum Gasteiger partial charge on any atom is -0.360 e. The predicted octanol–water partition coefficient (Wildman–Crippen LogP) is 1.68. The van der Waals surface area contributed by atoms with Gasteiger partial charge in [-0.2, -0.15) is 4.98 Å². The van der Waals surface area contributed by atoms with Crippen molar-refractivity contribution in [3.8, 4) is 22.5 Å². The van der Waals surface area contributed by atoms with Crippen LogP contribution in [0.5, 0.6) is 0 Å². The van der Waals surface area contributed by atoms with Crippen LogP contribution >= 0.6 is 0 Å². The Balaban J connectivity index is 1.32. The van der Waals surface area contributed by atoms with Gasteiger partial charge in [-0.25, -0.2) is 0 Å². The summed E-state index contributed by atoms with van der Waals surface area (Å²) in [7, 11) is 1.63. The number of rotatable bonds is 6. The Hall–Kier alpha value is -4.67. The molecule has 0 radical (unpaired) electrons. The van der Waals surface area contributed by atoms with Gasteiger partial charge in [0, 0.05) is 37.0 Å². The quantitative estimate of drug-likeness (QED) is 0.516. The molecule has 1 fully saturated rings. The Kier molecular flexibility index (Phi) is 5.88. The standard InChI is InChI=1S/C25H22N6O5/c1-14-21(25(35)31(24(14)34)18-6-7-19(32)27-23(18)33)30(2)13-20-28-22(29-36-20)17-5-3-4-16(12-17)15-8-10-26-11-9-15/h3-5,8-12,18H,6-7,13H2,1-2H3,(H,27,32,33). The molecule has 4 amide bonds. The fourth-order valence-corrected chi connectivity index (χ4v) is 4.41. The monoisotopic (exact) mass is 486 g/mol. The highest BCUT2D eigenvalue weighted by Gasteiger charge is 2.46. The summed E-state index contributed by atoms with van der Waals surface area (Å²) in [4.78, 5) is 60.7. The zero-order chi connectivity index (χ0) is 25.4. The summed E-state index contributed by atoms with van der Waals surface area (Å²) in [6.07, 6.45) is 3.59. The number of carbonyl (C=O) groups is 4. The van der Waals surface area contributed by atoms with Crippen molar-refractivity contribution in [3.05, 3.63) is 66.0 Å². The van der Waals surface area contributed by atoms with Crippen molar-refractivity contribution in [2.75, 3.05) is 7.05 Å². The molecule has 0 spiro atoms. The number of nitrogens with one attached hydrogen (secondary N) is 1. The van der Waals surface area contributed by atoms with Crippen LogP contribution in [0, 0.1) is 0 Å². The summed E-state index contributed by atoms with van der Waals surface area (Å²) in [5.74, 6) is -1.59. The van der Waals surface area contributed by atoms with Gasteiger partial charge in [0.25, 0.3) is 11.8 Å². The third kappa shape index (κ3) is 4.15. The first kappa shape index (κ1) is 23.1. The van der Waals surface area contributed by atoms with Gasteiger partial charge in [-0.05, 0) is 42.7 Å². The van der Waals surface area contributed by atoms with E-state index in [4.69, 9.17) is 4.52 Å². The molecule has 1 N–H and O–H groups in total. The van der Waals surface area contributed by atoms with Crippen LogP contribution in [-0.4, -0.2) is 61.6 Å². The Morgan fingerprint density at radius 2 is 1.81 bits per heavy atom. The van der Waals surface area contributed by atoms with Crippen LogP contribution < -0.4 is 5.32 Å². The number of nitrogens with zero attached hydrogens (tertiary/aromatic N) is 5. The zero-order valence-corrected chi connectivity index (χ0v) is 19.6. The van der Waals surface area contributed by atoms with Gasteiger partial charge >= 0.3 is 0 Å². The van der Waals surface area contributed by atoms with Crippen molar-refractivity contribution >= 4 is 23.6 Å². The Morgan fingerprint density at radius 1 is 1.06 bits per heavy atom. The van der Waals surface area contributed by atoms with E-state index in [1.807, 2.05) is 36.4 Å². The molecule has 0 saturated carbocycles. The normalized spacial score (nSPS) is 18.2. The maximum Gasteiger partial charge on any atom is 0.278 e. The molecule has 2 aliphatic heterocycles. The van der Waals surface area contributed by atoms with E-state index in [2.05, 4.69) is 20.4 Å². The molecule has 1 atom stereocenters. The smallest absolute Gasteiger partial charge is 0.278 e. The molecule has 1 unspecified atom stereocenters. The molecule has 4 heterocycles. The van der Waals surface area contributed by atoms with Gasteiger partial charge in [0.15, 0.2) is 0 Å². The van der Waals surface area contributed by atoms with Crippen molar-refractivity contribution in [1.29, 1.82) is 0 Å². The van der Waals surface area contributed by atoms with E-state index in [0.29, 0.717) is 5.82 Å². The molecule has 11 heteroatoms. The Morgan fingerprint density at radius 3 is 2.56 bits per heavy atom. The van der Waals surface area contributed by atoms with Crippen molar-refractivity contribution in [1.82, 2.24) is 30.2 Å². The van der Waals surface area contributed by atoms with Gasteiger partial charge in [-0.3, -0.25) is 34.4 Å². The van der Waals surface area contributed by atoms with Crippen LogP contribution in [0.2, 0.25) is 0 Å². The van der Waals surface area contributed by atoms with Crippen molar-refractivity contribution in [2.45, 2.75) is 32.4 Å². The molecule has 182 valence electrons. The van der Waals surface area contributed by atoms with Crippen molar-refractivity contribution in [3.63, 3.8) is 0 Å². The number of imide groups is 2.